The summed E-state index contributed by atoms with van der Waals surface area (Å²) in [6.45, 7) is 3.15. The number of rotatable bonds is 2. The van der Waals surface area contributed by atoms with Gasteiger partial charge in [-0.15, -0.1) is 5.10 Å². The van der Waals surface area contributed by atoms with Crippen molar-refractivity contribution in [1.29, 1.82) is 0 Å². The molecule has 1 fully saturated rings. The van der Waals surface area contributed by atoms with Crippen molar-refractivity contribution < 1.29 is 14.3 Å². The Morgan fingerprint density at radius 1 is 1.38 bits per heavy atom. The van der Waals surface area contributed by atoms with Crippen molar-refractivity contribution in [2.24, 2.45) is 5.92 Å². The predicted octanol–water partition coefficient (Wildman–Crippen LogP) is 2.29. The first-order chi connectivity index (χ1) is 11.5. The topological polar surface area (TPSA) is 71.2 Å². The highest BCUT2D eigenvalue weighted by molar-refractivity contribution is 5.96. The zero-order valence-corrected chi connectivity index (χ0v) is 13.4. The summed E-state index contributed by atoms with van der Waals surface area (Å²) in [5.41, 5.74) is 2.05. The zero-order valence-electron chi connectivity index (χ0n) is 13.4. The number of fused-ring (bicyclic) bond motifs is 1. The third-order valence-electron chi connectivity index (χ3n) is 5.00. The minimum atomic E-state index is -0.564. The Morgan fingerprint density at radius 2 is 2.17 bits per heavy atom. The van der Waals surface area contributed by atoms with E-state index >= 15 is 0 Å². The van der Waals surface area contributed by atoms with Gasteiger partial charge in [0.15, 0.2) is 0 Å². The maximum atomic E-state index is 13.1. The van der Waals surface area contributed by atoms with Gasteiger partial charge >= 0.3 is 0 Å². The van der Waals surface area contributed by atoms with Crippen LogP contribution < -0.4 is 0 Å². The minimum absolute atomic E-state index is 0.121. The van der Waals surface area contributed by atoms with Gasteiger partial charge in [0, 0.05) is 19.0 Å². The van der Waals surface area contributed by atoms with Crippen LogP contribution in [0.5, 0.6) is 5.75 Å². The number of benzene rings is 1. The maximum Gasteiger partial charge on any atom is 0.257 e. The van der Waals surface area contributed by atoms with Crippen molar-refractivity contribution in [2.45, 2.75) is 38.8 Å². The van der Waals surface area contributed by atoms with E-state index in [2.05, 4.69) is 17.2 Å². The molecule has 1 aliphatic heterocycles. The van der Waals surface area contributed by atoms with E-state index in [-0.39, 0.29) is 17.2 Å². The van der Waals surface area contributed by atoms with Crippen LogP contribution in [0.1, 0.15) is 47.6 Å². The molecule has 0 radical (unpaired) electrons. The van der Waals surface area contributed by atoms with Crippen LogP contribution in [0.3, 0.4) is 0 Å². The average Bonchev–Trinajstić information content (AvgIpc) is 2.94. The van der Waals surface area contributed by atoms with E-state index in [0.717, 1.165) is 30.3 Å². The third-order valence-corrected chi connectivity index (χ3v) is 5.00. The SMILES string of the molecule is CC1CC(n2nnc3c2CN(C(=O)c2ccc(F)cc2O)CC3)C1. The Morgan fingerprint density at radius 3 is 2.88 bits per heavy atom. The highest BCUT2D eigenvalue weighted by atomic mass is 19.1. The van der Waals surface area contributed by atoms with Gasteiger partial charge < -0.3 is 10.0 Å². The molecule has 1 aliphatic carbocycles. The van der Waals surface area contributed by atoms with E-state index in [4.69, 9.17) is 0 Å². The van der Waals surface area contributed by atoms with Gasteiger partial charge in [-0.25, -0.2) is 9.07 Å². The number of hydrogen-bond donors (Lipinski definition) is 1. The van der Waals surface area contributed by atoms with Gasteiger partial charge in [-0.2, -0.15) is 0 Å². The van der Waals surface area contributed by atoms with Crippen LogP contribution in [-0.2, 0) is 13.0 Å². The second kappa shape index (κ2) is 5.58. The molecule has 1 N–H and O–H groups in total. The van der Waals surface area contributed by atoms with Gasteiger partial charge in [0.1, 0.15) is 11.6 Å². The average molecular weight is 330 g/mol. The van der Waals surface area contributed by atoms with Crippen LogP contribution >= 0.6 is 0 Å². The molecule has 2 aromatic rings. The van der Waals surface area contributed by atoms with Gasteiger partial charge in [0.05, 0.1) is 29.5 Å². The molecule has 0 atom stereocenters. The highest BCUT2D eigenvalue weighted by Crippen LogP contribution is 2.38. The summed E-state index contributed by atoms with van der Waals surface area (Å²) in [5, 5.41) is 18.4. The van der Waals surface area contributed by atoms with Crippen LogP contribution in [0.15, 0.2) is 18.2 Å². The van der Waals surface area contributed by atoms with Gasteiger partial charge in [0.25, 0.3) is 5.91 Å². The van der Waals surface area contributed by atoms with E-state index in [0.29, 0.717) is 31.5 Å². The molecule has 1 aromatic carbocycles. The molecule has 2 aliphatic rings. The van der Waals surface area contributed by atoms with Crippen molar-refractivity contribution in [3.05, 3.63) is 41.0 Å². The molecule has 0 spiro atoms. The summed E-state index contributed by atoms with van der Waals surface area (Å²) in [6, 6.07) is 3.84. The lowest BCUT2D eigenvalue weighted by molar-refractivity contribution is 0.0720. The quantitative estimate of drug-likeness (QED) is 0.917. The fourth-order valence-electron chi connectivity index (χ4n) is 3.59. The summed E-state index contributed by atoms with van der Waals surface area (Å²) in [5.74, 6) is -0.489. The van der Waals surface area contributed by atoms with E-state index in [1.807, 2.05) is 4.68 Å². The second-order valence-electron chi connectivity index (χ2n) is 6.80. The first-order valence-electron chi connectivity index (χ1n) is 8.23. The van der Waals surface area contributed by atoms with Crippen molar-refractivity contribution in [2.75, 3.05) is 6.54 Å². The molecule has 7 heteroatoms. The number of phenolic OH excluding ortho intramolecular Hbond substituents is 1. The van der Waals surface area contributed by atoms with E-state index in [1.165, 1.54) is 12.1 Å². The molecule has 0 unspecified atom stereocenters. The number of carbonyl (C=O) groups is 1. The Labute approximate surface area is 138 Å². The monoisotopic (exact) mass is 330 g/mol. The molecule has 1 amide bonds. The van der Waals surface area contributed by atoms with Gasteiger partial charge in [-0.1, -0.05) is 12.1 Å². The van der Waals surface area contributed by atoms with Crippen molar-refractivity contribution in [1.82, 2.24) is 19.9 Å². The van der Waals surface area contributed by atoms with Gasteiger partial charge in [-0.05, 0) is 30.9 Å². The third kappa shape index (κ3) is 2.44. The summed E-state index contributed by atoms with van der Waals surface area (Å²) in [4.78, 5) is 14.3. The highest BCUT2D eigenvalue weighted by Gasteiger charge is 2.33. The molecule has 126 valence electrons. The fourth-order valence-corrected chi connectivity index (χ4v) is 3.59. The summed E-state index contributed by atoms with van der Waals surface area (Å²) in [6.07, 6.45) is 2.82. The molecule has 6 nitrogen and oxygen atoms in total. The standard InChI is InChI=1S/C17H19FN4O2/c1-10-6-12(7-10)22-15-9-21(5-4-14(15)19-20-22)17(24)13-3-2-11(18)8-16(13)23/h2-3,8,10,12,23H,4-7,9H2,1H3. The Kier molecular flexibility index (Phi) is 3.51. The number of nitrogens with zero attached hydrogens (tertiary/aromatic N) is 4. The Hall–Kier alpha value is -2.44. The van der Waals surface area contributed by atoms with Crippen LogP contribution in [-0.4, -0.2) is 37.5 Å². The number of carbonyl (C=O) groups excluding carboxylic acids is 1. The van der Waals surface area contributed by atoms with Gasteiger partial charge in [0.2, 0.25) is 0 Å². The number of aromatic hydroxyl groups is 1. The summed E-state index contributed by atoms with van der Waals surface area (Å²) >= 11 is 0. The molecule has 1 saturated carbocycles. The van der Waals surface area contributed by atoms with E-state index in [1.54, 1.807) is 4.90 Å². The summed E-state index contributed by atoms with van der Waals surface area (Å²) in [7, 11) is 0. The Bertz CT molecular complexity index is 798. The lowest BCUT2D eigenvalue weighted by atomic mass is 9.82. The van der Waals surface area contributed by atoms with Crippen LogP contribution in [0.25, 0.3) is 0 Å². The molecule has 2 heterocycles. The van der Waals surface area contributed by atoms with Crippen LogP contribution in [0, 0.1) is 11.7 Å². The van der Waals surface area contributed by atoms with Crippen LogP contribution in [0.2, 0.25) is 0 Å². The van der Waals surface area contributed by atoms with Crippen molar-refractivity contribution in [3.63, 3.8) is 0 Å². The smallest absolute Gasteiger partial charge is 0.257 e. The number of amides is 1. The zero-order chi connectivity index (χ0) is 16.8. The second-order valence-corrected chi connectivity index (χ2v) is 6.80. The Balaban J connectivity index is 1.57. The van der Waals surface area contributed by atoms with Crippen LogP contribution in [0.4, 0.5) is 4.39 Å². The number of aromatic nitrogens is 3. The molecule has 24 heavy (non-hydrogen) atoms. The van der Waals surface area contributed by atoms with E-state index < -0.39 is 5.82 Å². The lowest BCUT2D eigenvalue weighted by Gasteiger charge is -2.35. The molecule has 0 bridgehead atoms. The molecule has 4 rings (SSSR count). The first kappa shape index (κ1) is 15.1. The summed E-state index contributed by atoms with van der Waals surface area (Å²) < 4.78 is 15.1. The van der Waals surface area contributed by atoms with E-state index in [9.17, 15) is 14.3 Å². The van der Waals surface area contributed by atoms with Crippen molar-refractivity contribution >= 4 is 5.91 Å². The molecular weight excluding hydrogens is 311 g/mol. The largest absolute Gasteiger partial charge is 0.507 e. The first-order valence-corrected chi connectivity index (χ1v) is 8.23. The fraction of sp³-hybridized carbons (Fsp3) is 0.471. The minimum Gasteiger partial charge on any atom is -0.507 e. The van der Waals surface area contributed by atoms with Gasteiger partial charge in [-0.3, -0.25) is 4.79 Å². The normalized spacial score (nSPS) is 22.8. The molecular formula is C17H19FN4O2. The maximum absolute atomic E-state index is 13.1. The lowest BCUT2D eigenvalue weighted by Crippen LogP contribution is -2.38. The number of phenols is 1. The predicted molar refractivity (Wildman–Crippen MR) is 84.0 cm³/mol. The number of halogens is 1. The van der Waals surface area contributed by atoms with Crippen molar-refractivity contribution in [3.8, 4) is 5.75 Å². The number of hydrogen-bond acceptors (Lipinski definition) is 4. The molecule has 0 saturated heterocycles. The molecule has 1 aromatic heterocycles.